The van der Waals surface area contributed by atoms with Gasteiger partial charge in [0.25, 0.3) is 0 Å². The Balaban J connectivity index is 1.61. The summed E-state index contributed by atoms with van der Waals surface area (Å²) in [5, 5.41) is 15.2. The summed E-state index contributed by atoms with van der Waals surface area (Å²) in [6.07, 6.45) is 1.46. The highest BCUT2D eigenvalue weighted by atomic mass is 16.5. The number of hydrogen-bond donors (Lipinski definition) is 4. The number of ether oxygens (including phenoxy) is 1. The zero-order valence-corrected chi connectivity index (χ0v) is 21.5. The molecule has 0 saturated carbocycles. The molecule has 0 bridgehead atoms. The Hall–Kier alpha value is -3.84. The molecule has 0 aromatic heterocycles. The van der Waals surface area contributed by atoms with Gasteiger partial charge in [-0.1, -0.05) is 68.4 Å². The Morgan fingerprint density at radius 3 is 2.16 bits per heavy atom. The molecule has 0 fully saturated rings. The van der Waals surface area contributed by atoms with Crippen molar-refractivity contribution in [1.82, 2.24) is 10.6 Å². The van der Waals surface area contributed by atoms with E-state index in [0.717, 1.165) is 22.4 Å². The van der Waals surface area contributed by atoms with Crippen LogP contribution in [-0.4, -0.2) is 35.5 Å². The van der Waals surface area contributed by atoms with Crippen molar-refractivity contribution in [3.63, 3.8) is 0 Å². The summed E-state index contributed by atoms with van der Waals surface area (Å²) >= 11 is 0. The molecule has 0 aliphatic heterocycles. The van der Waals surface area contributed by atoms with E-state index in [2.05, 4.69) is 10.6 Å². The lowest BCUT2D eigenvalue weighted by atomic mass is 10.0. The predicted octanol–water partition coefficient (Wildman–Crippen LogP) is 3.73. The molecule has 0 heterocycles. The SMILES string of the molecule is CC(C)CC(N)C(=O)NC(Cc1ccc(OCc2ccccc2)cc1)C(=O)NCCc1ccc(O)cc1. The molecule has 0 spiro atoms. The smallest absolute Gasteiger partial charge is 0.242 e. The van der Waals surface area contributed by atoms with Crippen LogP contribution < -0.4 is 21.1 Å². The summed E-state index contributed by atoms with van der Waals surface area (Å²) in [5.41, 5.74) is 9.03. The number of nitrogens with two attached hydrogens (primary N) is 1. The van der Waals surface area contributed by atoms with Gasteiger partial charge in [0, 0.05) is 13.0 Å². The van der Waals surface area contributed by atoms with Gasteiger partial charge in [0.1, 0.15) is 24.1 Å². The van der Waals surface area contributed by atoms with Crippen molar-refractivity contribution in [2.24, 2.45) is 11.7 Å². The Kier molecular flexibility index (Phi) is 10.5. The van der Waals surface area contributed by atoms with Gasteiger partial charge in [0.2, 0.25) is 11.8 Å². The van der Waals surface area contributed by atoms with Crippen LogP contribution in [0, 0.1) is 5.92 Å². The molecule has 7 heteroatoms. The minimum atomic E-state index is -0.762. The Morgan fingerprint density at radius 2 is 1.51 bits per heavy atom. The molecule has 2 atom stereocenters. The van der Waals surface area contributed by atoms with Gasteiger partial charge in [0.15, 0.2) is 0 Å². The largest absolute Gasteiger partial charge is 0.508 e. The first-order valence-corrected chi connectivity index (χ1v) is 12.7. The van der Waals surface area contributed by atoms with E-state index in [1.54, 1.807) is 12.1 Å². The van der Waals surface area contributed by atoms with Gasteiger partial charge < -0.3 is 26.2 Å². The van der Waals surface area contributed by atoms with E-state index in [-0.39, 0.29) is 23.5 Å². The molecule has 2 amide bonds. The first-order valence-electron chi connectivity index (χ1n) is 12.7. The van der Waals surface area contributed by atoms with Crippen LogP contribution in [0.4, 0.5) is 0 Å². The van der Waals surface area contributed by atoms with Crippen molar-refractivity contribution in [2.45, 2.75) is 51.8 Å². The zero-order chi connectivity index (χ0) is 26.6. The summed E-state index contributed by atoms with van der Waals surface area (Å²) in [6.45, 7) is 4.88. The molecule has 0 aliphatic carbocycles. The van der Waals surface area contributed by atoms with Crippen molar-refractivity contribution in [3.8, 4) is 11.5 Å². The van der Waals surface area contributed by atoms with Gasteiger partial charge in [-0.15, -0.1) is 0 Å². The number of rotatable bonds is 13. The lowest BCUT2D eigenvalue weighted by Crippen LogP contribution is -2.53. The van der Waals surface area contributed by atoms with Crippen molar-refractivity contribution >= 4 is 11.8 Å². The monoisotopic (exact) mass is 503 g/mol. The Bertz CT molecular complexity index is 1120. The number of phenols is 1. The molecular formula is C30H37N3O4. The van der Waals surface area contributed by atoms with Gasteiger partial charge in [-0.3, -0.25) is 9.59 Å². The van der Waals surface area contributed by atoms with Crippen LogP contribution in [0.1, 0.15) is 37.0 Å². The van der Waals surface area contributed by atoms with Crippen LogP contribution >= 0.6 is 0 Å². The zero-order valence-electron chi connectivity index (χ0n) is 21.5. The number of nitrogens with one attached hydrogen (secondary N) is 2. The molecule has 3 rings (SSSR count). The summed E-state index contributed by atoms with van der Waals surface area (Å²) in [7, 11) is 0. The summed E-state index contributed by atoms with van der Waals surface area (Å²) in [6, 6.07) is 22.9. The maximum Gasteiger partial charge on any atom is 0.242 e. The van der Waals surface area contributed by atoms with Crippen molar-refractivity contribution in [1.29, 1.82) is 0 Å². The van der Waals surface area contributed by atoms with Gasteiger partial charge in [0.05, 0.1) is 6.04 Å². The quantitative estimate of drug-likeness (QED) is 0.284. The number of amides is 2. The van der Waals surface area contributed by atoms with E-state index in [9.17, 15) is 14.7 Å². The van der Waals surface area contributed by atoms with Crippen LogP contribution in [0.3, 0.4) is 0 Å². The second-order valence-corrected chi connectivity index (χ2v) is 9.63. The molecule has 3 aromatic carbocycles. The third kappa shape index (κ3) is 9.61. The lowest BCUT2D eigenvalue weighted by molar-refractivity contribution is -0.129. The number of carbonyl (C=O) groups excluding carboxylic acids is 2. The molecule has 3 aromatic rings. The lowest BCUT2D eigenvalue weighted by Gasteiger charge is -2.22. The molecule has 37 heavy (non-hydrogen) atoms. The van der Waals surface area contributed by atoms with Crippen LogP contribution in [-0.2, 0) is 29.0 Å². The fourth-order valence-corrected chi connectivity index (χ4v) is 3.92. The van der Waals surface area contributed by atoms with Crippen molar-refractivity contribution in [2.75, 3.05) is 6.54 Å². The van der Waals surface area contributed by atoms with E-state index < -0.39 is 12.1 Å². The minimum Gasteiger partial charge on any atom is -0.508 e. The minimum absolute atomic E-state index is 0.199. The van der Waals surface area contributed by atoms with E-state index in [1.165, 1.54) is 0 Å². The van der Waals surface area contributed by atoms with Gasteiger partial charge in [-0.25, -0.2) is 0 Å². The third-order valence-corrected chi connectivity index (χ3v) is 5.96. The van der Waals surface area contributed by atoms with Gasteiger partial charge >= 0.3 is 0 Å². The normalized spacial score (nSPS) is 12.5. The predicted molar refractivity (Wildman–Crippen MR) is 145 cm³/mol. The first-order chi connectivity index (χ1) is 17.8. The highest BCUT2D eigenvalue weighted by Gasteiger charge is 2.24. The molecule has 196 valence electrons. The first kappa shape index (κ1) is 27.7. The van der Waals surface area contributed by atoms with Crippen LogP contribution in [0.25, 0.3) is 0 Å². The summed E-state index contributed by atoms with van der Waals surface area (Å²) in [5.74, 6) is 0.584. The van der Waals surface area contributed by atoms with Crippen LogP contribution in [0.5, 0.6) is 11.5 Å². The molecule has 0 radical (unpaired) electrons. The van der Waals surface area contributed by atoms with E-state index in [4.69, 9.17) is 10.5 Å². The average molecular weight is 504 g/mol. The van der Waals surface area contributed by atoms with Crippen LogP contribution in [0.15, 0.2) is 78.9 Å². The maximum absolute atomic E-state index is 13.1. The van der Waals surface area contributed by atoms with Gasteiger partial charge in [-0.05, 0) is 59.7 Å². The standard InChI is InChI=1S/C30H37N3O4/c1-21(2)18-27(31)29(35)33-28(30(36)32-17-16-22-8-12-25(34)13-9-22)19-23-10-14-26(15-11-23)37-20-24-6-4-3-5-7-24/h3-15,21,27-28,34H,16-20,31H2,1-2H3,(H,32,36)(H,33,35). The Labute approximate surface area is 219 Å². The highest BCUT2D eigenvalue weighted by molar-refractivity contribution is 5.89. The van der Waals surface area contributed by atoms with E-state index in [0.29, 0.717) is 32.4 Å². The van der Waals surface area contributed by atoms with Crippen molar-refractivity contribution < 1.29 is 19.4 Å². The summed E-state index contributed by atoms with van der Waals surface area (Å²) < 4.78 is 5.85. The van der Waals surface area contributed by atoms with E-state index >= 15 is 0 Å². The average Bonchev–Trinajstić information content (AvgIpc) is 2.89. The number of benzene rings is 3. The van der Waals surface area contributed by atoms with Gasteiger partial charge in [-0.2, -0.15) is 0 Å². The van der Waals surface area contributed by atoms with Crippen LogP contribution in [0.2, 0.25) is 0 Å². The molecular weight excluding hydrogens is 466 g/mol. The molecule has 0 aliphatic rings. The topological polar surface area (TPSA) is 114 Å². The number of phenolic OH excluding ortho intramolecular Hbond substituents is 1. The fraction of sp³-hybridized carbons (Fsp3) is 0.333. The third-order valence-electron chi connectivity index (χ3n) is 5.96. The maximum atomic E-state index is 13.1. The fourth-order valence-electron chi connectivity index (χ4n) is 3.92. The number of hydrogen-bond acceptors (Lipinski definition) is 5. The second-order valence-electron chi connectivity index (χ2n) is 9.63. The molecule has 7 nitrogen and oxygen atoms in total. The number of carbonyl (C=O) groups is 2. The molecule has 5 N–H and O–H groups in total. The second kappa shape index (κ2) is 14.0. The highest BCUT2D eigenvalue weighted by Crippen LogP contribution is 2.16. The number of aromatic hydroxyl groups is 1. The molecule has 0 saturated heterocycles. The van der Waals surface area contributed by atoms with Crippen molar-refractivity contribution in [3.05, 3.63) is 95.6 Å². The molecule has 2 unspecified atom stereocenters. The van der Waals surface area contributed by atoms with E-state index in [1.807, 2.05) is 80.6 Å². The summed E-state index contributed by atoms with van der Waals surface area (Å²) in [4.78, 5) is 25.8. The Morgan fingerprint density at radius 1 is 0.865 bits per heavy atom.